The quantitative estimate of drug-likeness (QED) is 0.592. The maximum Gasteiger partial charge on any atom is -0.0162 e. The first-order valence-corrected chi connectivity index (χ1v) is 8.36. The SMILES string of the molecule is C1C2CC3C24C1CC4C31C2CC3C[C@@H]4CC1C324. The molecule has 8 saturated carbocycles. The average molecular weight is 224 g/mol. The Hall–Kier alpha value is 0. The van der Waals surface area contributed by atoms with E-state index < -0.39 is 0 Å². The first kappa shape index (κ1) is 7.56. The Labute approximate surface area is 103 Å². The van der Waals surface area contributed by atoms with E-state index in [1.807, 2.05) is 0 Å². The van der Waals surface area contributed by atoms with Gasteiger partial charge in [-0.1, -0.05) is 0 Å². The summed E-state index contributed by atoms with van der Waals surface area (Å²) in [4.78, 5) is 0. The van der Waals surface area contributed by atoms with Crippen molar-refractivity contribution in [3.63, 3.8) is 0 Å². The van der Waals surface area contributed by atoms with Crippen LogP contribution in [-0.2, 0) is 0 Å². The highest BCUT2D eigenvalue weighted by Crippen LogP contribution is 3.06. The lowest BCUT2D eigenvalue weighted by atomic mass is 8.99. The third-order valence-electron chi connectivity index (χ3n) is 10.9. The third-order valence-corrected chi connectivity index (χ3v) is 10.9. The number of hydrogen-bond donors (Lipinski definition) is 0. The van der Waals surface area contributed by atoms with Crippen molar-refractivity contribution in [1.82, 2.24) is 0 Å². The highest BCUT2D eigenvalue weighted by Gasteiger charge is 3.01. The van der Waals surface area contributed by atoms with Crippen molar-refractivity contribution in [2.75, 3.05) is 0 Å². The summed E-state index contributed by atoms with van der Waals surface area (Å²) < 4.78 is 0. The number of fused-ring (bicyclic) bond motifs is 4. The van der Waals surface area contributed by atoms with Crippen LogP contribution in [0.5, 0.6) is 0 Å². The topological polar surface area (TPSA) is 0 Å². The van der Waals surface area contributed by atoms with Crippen molar-refractivity contribution in [2.24, 2.45) is 63.6 Å². The van der Waals surface area contributed by atoms with E-state index in [2.05, 4.69) is 0 Å². The van der Waals surface area contributed by atoms with Gasteiger partial charge in [-0.05, 0) is 102 Å². The second-order valence-electron chi connectivity index (χ2n) is 9.41. The molecule has 88 valence electrons. The third kappa shape index (κ3) is 0.340. The Morgan fingerprint density at radius 2 is 0.765 bits per heavy atom. The Bertz CT molecular complexity index is 435. The van der Waals surface area contributed by atoms with Crippen LogP contribution in [0.4, 0.5) is 0 Å². The maximum atomic E-state index is 1.70. The van der Waals surface area contributed by atoms with Gasteiger partial charge in [0, 0.05) is 0 Å². The Morgan fingerprint density at radius 1 is 0.412 bits per heavy atom. The van der Waals surface area contributed by atoms with E-state index in [4.69, 9.17) is 0 Å². The van der Waals surface area contributed by atoms with Crippen LogP contribution in [0.2, 0.25) is 0 Å². The van der Waals surface area contributed by atoms with Gasteiger partial charge in [0.1, 0.15) is 0 Å². The van der Waals surface area contributed by atoms with Crippen LogP contribution in [0.1, 0.15) is 38.5 Å². The monoisotopic (exact) mass is 224 g/mol. The van der Waals surface area contributed by atoms with Gasteiger partial charge in [0.15, 0.2) is 0 Å². The Balaban J connectivity index is 1.33. The molecule has 9 atom stereocenters. The van der Waals surface area contributed by atoms with E-state index in [1.54, 1.807) is 38.5 Å². The van der Waals surface area contributed by atoms with Gasteiger partial charge in [0.2, 0.25) is 0 Å². The van der Waals surface area contributed by atoms with Crippen LogP contribution in [0.25, 0.3) is 0 Å². The molecule has 0 saturated heterocycles. The van der Waals surface area contributed by atoms with Crippen molar-refractivity contribution in [1.29, 1.82) is 0 Å². The lowest BCUT2D eigenvalue weighted by Crippen LogP contribution is -3.01. The van der Waals surface area contributed by atoms with Crippen molar-refractivity contribution in [2.45, 2.75) is 38.5 Å². The summed E-state index contributed by atoms with van der Waals surface area (Å²) in [6.45, 7) is 0. The zero-order valence-electron chi connectivity index (χ0n) is 10.4. The molecule has 8 rings (SSSR count). The summed E-state index contributed by atoms with van der Waals surface area (Å²) in [6.07, 6.45) is 10.1. The van der Waals surface area contributed by atoms with Gasteiger partial charge in [-0.3, -0.25) is 0 Å². The van der Waals surface area contributed by atoms with Gasteiger partial charge in [-0.25, -0.2) is 0 Å². The molecule has 0 N–H and O–H groups in total. The highest BCUT2D eigenvalue weighted by molar-refractivity contribution is 5.48. The molecular weight excluding hydrogens is 204 g/mol. The first-order valence-electron chi connectivity index (χ1n) is 8.36. The fraction of sp³-hybridized carbons (Fsp3) is 1.00. The zero-order valence-corrected chi connectivity index (χ0v) is 10.4. The van der Waals surface area contributed by atoms with Crippen LogP contribution < -0.4 is 0 Å². The van der Waals surface area contributed by atoms with Gasteiger partial charge in [-0.2, -0.15) is 0 Å². The van der Waals surface area contributed by atoms with Gasteiger partial charge in [0.05, 0.1) is 0 Å². The molecule has 8 aliphatic carbocycles. The van der Waals surface area contributed by atoms with Crippen LogP contribution in [-0.4, -0.2) is 0 Å². The molecule has 17 heavy (non-hydrogen) atoms. The zero-order chi connectivity index (χ0) is 10.4. The predicted molar refractivity (Wildman–Crippen MR) is 62.9 cm³/mol. The normalized spacial score (nSPS) is 93.2. The summed E-state index contributed by atoms with van der Waals surface area (Å²) >= 11 is 0. The van der Waals surface area contributed by atoms with Gasteiger partial charge >= 0.3 is 0 Å². The molecule has 8 aliphatic rings. The molecule has 0 aromatic rings. The average Bonchev–Trinajstić information content (AvgIpc) is 2.08. The molecule has 0 bridgehead atoms. The van der Waals surface area contributed by atoms with Crippen LogP contribution in [0.15, 0.2) is 0 Å². The largest absolute Gasteiger partial charge is 0.0464 e. The van der Waals surface area contributed by atoms with Gasteiger partial charge in [0.25, 0.3) is 0 Å². The number of hydrogen-bond acceptors (Lipinski definition) is 0. The summed E-state index contributed by atoms with van der Waals surface area (Å²) in [7, 11) is 0. The van der Waals surface area contributed by atoms with Crippen molar-refractivity contribution >= 4 is 0 Å². The summed E-state index contributed by atoms with van der Waals surface area (Å²) in [5.74, 6) is 10.2. The predicted octanol–water partition coefficient (Wildman–Crippen LogP) is 3.32. The lowest BCUT2D eigenvalue weighted by Gasteiger charge is -3.05. The summed E-state index contributed by atoms with van der Waals surface area (Å²) in [6, 6.07) is 0. The Kier molecular flexibility index (Phi) is 0.694. The first-order chi connectivity index (χ1) is 8.36. The fourth-order valence-corrected chi connectivity index (χ4v) is 10.9. The molecule has 0 aromatic carbocycles. The lowest BCUT2D eigenvalue weighted by molar-refractivity contribution is -0.582. The van der Waals surface area contributed by atoms with Gasteiger partial charge in [-0.15, -0.1) is 0 Å². The van der Waals surface area contributed by atoms with E-state index in [1.165, 1.54) is 47.3 Å². The number of rotatable bonds is 0. The van der Waals surface area contributed by atoms with Crippen molar-refractivity contribution < 1.29 is 0 Å². The van der Waals surface area contributed by atoms with E-state index in [-0.39, 0.29) is 0 Å². The second kappa shape index (κ2) is 1.56. The van der Waals surface area contributed by atoms with Crippen LogP contribution >= 0.6 is 0 Å². The molecular formula is C17H20. The van der Waals surface area contributed by atoms with E-state index in [9.17, 15) is 0 Å². The molecule has 3 spiro atoms. The minimum atomic E-state index is 1.01. The van der Waals surface area contributed by atoms with E-state index >= 15 is 0 Å². The highest BCUT2D eigenvalue weighted by atomic mass is 15.0. The Morgan fingerprint density at radius 3 is 1.06 bits per heavy atom. The molecule has 8 unspecified atom stereocenters. The van der Waals surface area contributed by atoms with Crippen LogP contribution in [0.3, 0.4) is 0 Å². The molecule has 0 aliphatic heterocycles. The van der Waals surface area contributed by atoms with E-state index in [0.29, 0.717) is 0 Å². The minimum absolute atomic E-state index is 1.01. The molecule has 0 heterocycles. The summed E-state index contributed by atoms with van der Waals surface area (Å²) in [5.41, 5.74) is 3.10. The minimum Gasteiger partial charge on any atom is -0.0464 e. The molecule has 0 heteroatoms. The molecule has 0 nitrogen and oxygen atoms in total. The van der Waals surface area contributed by atoms with Crippen LogP contribution in [0, 0.1) is 63.6 Å². The maximum absolute atomic E-state index is 1.70. The second-order valence-corrected chi connectivity index (χ2v) is 9.41. The van der Waals surface area contributed by atoms with Crippen molar-refractivity contribution in [3.05, 3.63) is 0 Å². The summed E-state index contributed by atoms with van der Waals surface area (Å²) in [5, 5.41) is 0. The standard InChI is InChI=1S/C17H20/c1-7-3-11-15(7)8(1)4-12(15)17(11)13-5-9-2-10-6-14(17)16(9,10)13/h7-14H,1-6H2/t7-,8?,9?,10?,11?,12?,13?,14?,15?,16?,17?/m1/s1. The molecule has 8 fully saturated rings. The molecule has 0 amide bonds. The fourth-order valence-electron chi connectivity index (χ4n) is 10.9. The smallest absolute Gasteiger partial charge is 0.0162 e. The molecule has 0 radical (unpaired) electrons. The van der Waals surface area contributed by atoms with E-state index in [0.717, 1.165) is 16.2 Å². The van der Waals surface area contributed by atoms with Gasteiger partial charge < -0.3 is 0 Å². The van der Waals surface area contributed by atoms with Crippen molar-refractivity contribution in [3.8, 4) is 0 Å². The molecule has 0 aromatic heterocycles.